The first-order valence-corrected chi connectivity index (χ1v) is 5.20. The first-order valence-electron chi connectivity index (χ1n) is 4.03. The van der Waals surface area contributed by atoms with Crippen molar-refractivity contribution in [3.63, 3.8) is 0 Å². The highest BCUT2D eigenvalue weighted by molar-refractivity contribution is 9.10. The SMILES string of the molecule is CCC(C#N)c1ccc(Cl)c(Br)c1. The smallest absolute Gasteiger partial charge is 0.0710 e. The van der Waals surface area contributed by atoms with Gasteiger partial charge in [-0.15, -0.1) is 0 Å². The highest BCUT2D eigenvalue weighted by Gasteiger charge is 2.08. The lowest BCUT2D eigenvalue weighted by molar-refractivity contribution is 0.818. The maximum Gasteiger partial charge on any atom is 0.0710 e. The van der Waals surface area contributed by atoms with Gasteiger partial charge in [-0.25, -0.2) is 0 Å². The quantitative estimate of drug-likeness (QED) is 0.783. The van der Waals surface area contributed by atoms with E-state index in [2.05, 4.69) is 22.0 Å². The minimum absolute atomic E-state index is 0.0337. The number of halogens is 2. The van der Waals surface area contributed by atoms with E-state index in [-0.39, 0.29) is 5.92 Å². The summed E-state index contributed by atoms with van der Waals surface area (Å²) < 4.78 is 0.848. The number of hydrogen-bond donors (Lipinski definition) is 0. The van der Waals surface area contributed by atoms with E-state index < -0.39 is 0 Å². The van der Waals surface area contributed by atoms with Gasteiger partial charge in [-0.2, -0.15) is 5.26 Å². The number of benzene rings is 1. The molecule has 1 atom stereocenters. The summed E-state index contributed by atoms with van der Waals surface area (Å²) in [6.45, 7) is 2.00. The Balaban J connectivity index is 3.04. The van der Waals surface area contributed by atoms with Crippen LogP contribution in [-0.4, -0.2) is 0 Å². The van der Waals surface area contributed by atoms with Crippen molar-refractivity contribution < 1.29 is 0 Å². The first-order chi connectivity index (χ1) is 6.19. The highest BCUT2D eigenvalue weighted by Crippen LogP contribution is 2.27. The van der Waals surface area contributed by atoms with E-state index in [9.17, 15) is 0 Å². The first kappa shape index (κ1) is 10.6. The van der Waals surface area contributed by atoms with Gasteiger partial charge in [0.05, 0.1) is 17.0 Å². The van der Waals surface area contributed by atoms with Crippen molar-refractivity contribution in [3.05, 3.63) is 33.3 Å². The maximum atomic E-state index is 8.84. The van der Waals surface area contributed by atoms with Gasteiger partial charge in [-0.05, 0) is 40.0 Å². The van der Waals surface area contributed by atoms with Gasteiger partial charge in [-0.1, -0.05) is 24.6 Å². The average molecular weight is 259 g/mol. The Morgan fingerprint density at radius 3 is 2.77 bits per heavy atom. The van der Waals surface area contributed by atoms with Crippen LogP contribution < -0.4 is 0 Å². The second-order valence-electron chi connectivity index (χ2n) is 2.76. The van der Waals surface area contributed by atoms with E-state index in [0.29, 0.717) is 5.02 Å². The Hall–Kier alpha value is -0.520. The molecule has 1 nitrogen and oxygen atoms in total. The van der Waals surface area contributed by atoms with Gasteiger partial charge < -0.3 is 0 Å². The Morgan fingerprint density at radius 2 is 2.31 bits per heavy atom. The molecule has 0 aliphatic heterocycles. The Labute approximate surface area is 91.5 Å². The van der Waals surface area contributed by atoms with Crippen LogP contribution in [0, 0.1) is 11.3 Å². The summed E-state index contributed by atoms with van der Waals surface area (Å²) in [7, 11) is 0. The molecule has 0 radical (unpaired) electrons. The van der Waals surface area contributed by atoms with Crippen molar-refractivity contribution in [2.45, 2.75) is 19.3 Å². The number of nitrogens with zero attached hydrogens (tertiary/aromatic N) is 1. The maximum absolute atomic E-state index is 8.84. The van der Waals surface area contributed by atoms with E-state index >= 15 is 0 Å². The molecule has 0 fully saturated rings. The summed E-state index contributed by atoms with van der Waals surface area (Å²) in [6.07, 6.45) is 0.824. The Bertz CT molecular complexity index is 343. The number of nitriles is 1. The van der Waals surface area contributed by atoms with Crippen LogP contribution in [0.5, 0.6) is 0 Å². The Kier molecular flexibility index (Phi) is 3.77. The van der Waals surface area contributed by atoms with Crippen LogP contribution in [0.2, 0.25) is 5.02 Å². The van der Waals surface area contributed by atoms with Crippen LogP contribution >= 0.6 is 27.5 Å². The van der Waals surface area contributed by atoms with Crippen LogP contribution in [0.4, 0.5) is 0 Å². The van der Waals surface area contributed by atoms with Crippen molar-refractivity contribution in [1.82, 2.24) is 0 Å². The molecule has 13 heavy (non-hydrogen) atoms. The lowest BCUT2D eigenvalue weighted by Gasteiger charge is -2.06. The van der Waals surface area contributed by atoms with Crippen molar-refractivity contribution in [2.75, 3.05) is 0 Å². The van der Waals surface area contributed by atoms with E-state index in [1.54, 1.807) is 6.07 Å². The molecule has 0 N–H and O–H groups in total. The molecule has 0 spiro atoms. The lowest BCUT2D eigenvalue weighted by atomic mass is 9.98. The third-order valence-corrected chi connectivity index (χ3v) is 3.12. The van der Waals surface area contributed by atoms with Gasteiger partial charge in [0.2, 0.25) is 0 Å². The fourth-order valence-electron chi connectivity index (χ4n) is 1.13. The van der Waals surface area contributed by atoms with Crippen LogP contribution in [-0.2, 0) is 0 Å². The molecule has 1 rings (SSSR count). The minimum atomic E-state index is -0.0337. The minimum Gasteiger partial charge on any atom is -0.198 e. The van der Waals surface area contributed by atoms with E-state index in [1.165, 1.54) is 0 Å². The van der Waals surface area contributed by atoms with Crippen LogP contribution in [0.3, 0.4) is 0 Å². The summed E-state index contributed by atoms with van der Waals surface area (Å²) in [5.74, 6) is -0.0337. The predicted molar refractivity (Wildman–Crippen MR) is 57.8 cm³/mol. The summed E-state index contributed by atoms with van der Waals surface area (Å²) in [5, 5.41) is 9.52. The van der Waals surface area contributed by atoms with Gasteiger partial charge in [-0.3, -0.25) is 0 Å². The van der Waals surface area contributed by atoms with Gasteiger partial charge in [0.1, 0.15) is 0 Å². The zero-order chi connectivity index (χ0) is 9.84. The molecule has 0 aliphatic rings. The van der Waals surface area contributed by atoms with Crippen molar-refractivity contribution in [2.24, 2.45) is 0 Å². The summed E-state index contributed by atoms with van der Waals surface area (Å²) in [6, 6.07) is 7.85. The second-order valence-corrected chi connectivity index (χ2v) is 4.03. The zero-order valence-electron chi connectivity index (χ0n) is 7.22. The molecular weight excluding hydrogens is 249 g/mol. The highest BCUT2D eigenvalue weighted by atomic mass is 79.9. The second kappa shape index (κ2) is 4.64. The Morgan fingerprint density at radius 1 is 1.62 bits per heavy atom. The summed E-state index contributed by atoms with van der Waals surface area (Å²) >= 11 is 9.17. The molecule has 0 aromatic heterocycles. The molecule has 1 aromatic rings. The van der Waals surface area contributed by atoms with E-state index in [0.717, 1.165) is 16.5 Å². The molecule has 0 heterocycles. The largest absolute Gasteiger partial charge is 0.198 e. The third-order valence-electron chi connectivity index (χ3n) is 1.91. The fraction of sp³-hybridized carbons (Fsp3) is 0.300. The van der Waals surface area contributed by atoms with Crippen molar-refractivity contribution in [3.8, 4) is 6.07 Å². The predicted octanol–water partition coefficient (Wildman–Crippen LogP) is 4.12. The van der Waals surface area contributed by atoms with Gasteiger partial charge in [0.25, 0.3) is 0 Å². The van der Waals surface area contributed by atoms with Gasteiger partial charge in [0, 0.05) is 4.47 Å². The van der Waals surface area contributed by atoms with Gasteiger partial charge >= 0.3 is 0 Å². The topological polar surface area (TPSA) is 23.8 Å². The molecule has 0 saturated carbocycles. The van der Waals surface area contributed by atoms with Crippen LogP contribution in [0.25, 0.3) is 0 Å². The summed E-state index contributed by atoms with van der Waals surface area (Å²) in [5.41, 5.74) is 1.02. The molecule has 1 aromatic carbocycles. The molecule has 0 amide bonds. The molecule has 1 unspecified atom stereocenters. The van der Waals surface area contributed by atoms with E-state index in [1.807, 2.05) is 19.1 Å². The monoisotopic (exact) mass is 257 g/mol. The third kappa shape index (κ3) is 2.46. The fourth-order valence-corrected chi connectivity index (χ4v) is 1.64. The number of rotatable bonds is 2. The standard InChI is InChI=1S/C10H9BrClN/c1-2-7(6-13)8-3-4-10(12)9(11)5-8/h3-5,7H,2H2,1H3. The molecule has 0 bridgehead atoms. The zero-order valence-corrected chi connectivity index (χ0v) is 9.56. The lowest BCUT2D eigenvalue weighted by Crippen LogP contribution is -1.93. The molecule has 68 valence electrons. The molecular formula is C10H9BrClN. The average Bonchev–Trinajstić information content (AvgIpc) is 2.13. The molecule has 0 saturated heterocycles. The number of hydrogen-bond acceptors (Lipinski definition) is 1. The van der Waals surface area contributed by atoms with Crippen LogP contribution in [0.1, 0.15) is 24.8 Å². The van der Waals surface area contributed by atoms with Crippen LogP contribution in [0.15, 0.2) is 22.7 Å². The van der Waals surface area contributed by atoms with Crippen molar-refractivity contribution in [1.29, 1.82) is 5.26 Å². The molecule has 3 heteroatoms. The summed E-state index contributed by atoms with van der Waals surface area (Å²) in [4.78, 5) is 0. The van der Waals surface area contributed by atoms with Crippen molar-refractivity contribution >= 4 is 27.5 Å². The van der Waals surface area contributed by atoms with E-state index in [4.69, 9.17) is 16.9 Å². The molecule has 0 aliphatic carbocycles. The van der Waals surface area contributed by atoms with Gasteiger partial charge in [0.15, 0.2) is 0 Å². The normalized spacial score (nSPS) is 12.2.